The molecular weight excluding hydrogens is 248 g/mol. The second kappa shape index (κ2) is 6.33. The fourth-order valence-corrected chi connectivity index (χ4v) is 1.95. The number of nitrogens with one attached hydrogen (secondary N) is 1. The van der Waals surface area contributed by atoms with E-state index < -0.39 is 0 Å². The van der Waals surface area contributed by atoms with Crippen molar-refractivity contribution in [1.82, 2.24) is 10.3 Å². The number of carbonyl (C=O) groups is 1. The first kappa shape index (κ1) is 14.3. The molecule has 20 heavy (non-hydrogen) atoms. The van der Waals surface area contributed by atoms with Crippen molar-refractivity contribution in [2.45, 2.75) is 20.8 Å². The van der Waals surface area contributed by atoms with Gasteiger partial charge >= 0.3 is 0 Å². The third-order valence-corrected chi connectivity index (χ3v) is 3.02. The Kier molecular flexibility index (Phi) is 4.51. The molecule has 0 aliphatic carbocycles. The number of hydrogen-bond acceptors (Lipinski definition) is 2. The minimum atomic E-state index is -0.0688. The summed E-state index contributed by atoms with van der Waals surface area (Å²) in [4.78, 5) is 16.2. The molecule has 1 amide bonds. The molecule has 3 heteroatoms. The molecule has 0 atom stereocenters. The number of aromatic nitrogens is 1. The largest absolute Gasteiger partial charge is 0.352 e. The summed E-state index contributed by atoms with van der Waals surface area (Å²) in [7, 11) is 0. The van der Waals surface area contributed by atoms with Crippen molar-refractivity contribution in [2.75, 3.05) is 6.54 Å². The average molecular weight is 268 g/mol. The van der Waals surface area contributed by atoms with E-state index in [0.29, 0.717) is 18.0 Å². The van der Waals surface area contributed by atoms with Gasteiger partial charge in [-0.25, -0.2) is 0 Å². The fraction of sp³-hybridized carbons (Fsp3) is 0.294. The Labute approximate surface area is 120 Å². The third-order valence-electron chi connectivity index (χ3n) is 3.02. The highest BCUT2D eigenvalue weighted by Crippen LogP contribution is 2.20. The zero-order chi connectivity index (χ0) is 14.5. The van der Waals surface area contributed by atoms with Gasteiger partial charge in [-0.1, -0.05) is 43.7 Å². The van der Waals surface area contributed by atoms with Gasteiger partial charge in [-0.3, -0.25) is 9.78 Å². The number of carbonyl (C=O) groups excluding carboxylic acids is 1. The molecule has 0 radical (unpaired) electrons. The molecule has 0 unspecified atom stereocenters. The molecule has 0 fully saturated rings. The molecule has 1 aromatic heterocycles. The van der Waals surface area contributed by atoms with Gasteiger partial charge in [0.1, 0.15) is 0 Å². The van der Waals surface area contributed by atoms with Crippen molar-refractivity contribution in [2.24, 2.45) is 5.92 Å². The highest BCUT2D eigenvalue weighted by atomic mass is 16.1. The Balaban J connectivity index is 2.22. The monoisotopic (exact) mass is 268 g/mol. The maximum atomic E-state index is 12.0. The molecule has 0 bridgehead atoms. The van der Waals surface area contributed by atoms with Crippen LogP contribution in [-0.2, 0) is 0 Å². The van der Waals surface area contributed by atoms with Crippen LogP contribution in [-0.4, -0.2) is 17.4 Å². The lowest BCUT2D eigenvalue weighted by Gasteiger charge is -2.09. The fourth-order valence-electron chi connectivity index (χ4n) is 1.95. The zero-order valence-corrected chi connectivity index (χ0v) is 12.2. The highest BCUT2D eigenvalue weighted by Gasteiger charge is 2.08. The molecule has 0 saturated carbocycles. The van der Waals surface area contributed by atoms with E-state index in [1.807, 2.05) is 18.2 Å². The zero-order valence-electron chi connectivity index (χ0n) is 12.2. The molecule has 1 heterocycles. The van der Waals surface area contributed by atoms with E-state index >= 15 is 0 Å². The highest BCUT2D eigenvalue weighted by molar-refractivity contribution is 5.95. The normalized spacial score (nSPS) is 10.6. The minimum Gasteiger partial charge on any atom is -0.352 e. The standard InChI is InChI=1S/C17H20N2O/c1-12(2)9-19-17(20)16-8-15(10-18-11-16)14-6-4-5-13(3)7-14/h4-8,10-12H,9H2,1-3H3,(H,19,20). The summed E-state index contributed by atoms with van der Waals surface area (Å²) in [6, 6.07) is 10.1. The maximum Gasteiger partial charge on any atom is 0.252 e. The van der Waals surface area contributed by atoms with E-state index in [4.69, 9.17) is 0 Å². The number of pyridine rings is 1. The van der Waals surface area contributed by atoms with Gasteiger partial charge in [-0.2, -0.15) is 0 Å². The quantitative estimate of drug-likeness (QED) is 0.923. The van der Waals surface area contributed by atoms with Crippen molar-refractivity contribution < 1.29 is 4.79 Å². The van der Waals surface area contributed by atoms with Crippen LogP contribution in [0, 0.1) is 12.8 Å². The van der Waals surface area contributed by atoms with Crippen LogP contribution in [0.5, 0.6) is 0 Å². The molecule has 0 saturated heterocycles. The molecule has 3 nitrogen and oxygen atoms in total. The summed E-state index contributed by atoms with van der Waals surface area (Å²) < 4.78 is 0. The topological polar surface area (TPSA) is 42.0 Å². The summed E-state index contributed by atoms with van der Waals surface area (Å²) in [6.45, 7) is 6.87. The maximum absolute atomic E-state index is 12.0. The van der Waals surface area contributed by atoms with Crippen molar-refractivity contribution >= 4 is 5.91 Å². The van der Waals surface area contributed by atoms with Crippen LogP contribution >= 0.6 is 0 Å². The Hall–Kier alpha value is -2.16. The van der Waals surface area contributed by atoms with Crippen molar-refractivity contribution in [3.63, 3.8) is 0 Å². The van der Waals surface area contributed by atoms with Gasteiger partial charge in [0, 0.05) is 24.5 Å². The summed E-state index contributed by atoms with van der Waals surface area (Å²) in [5, 5.41) is 2.91. The Bertz CT molecular complexity index is 605. The number of aryl methyl sites for hydroxylation is 1. The van der Waals surface area contributed by atoms with Crippen LogP contribution in [0.3, 0.4) is 0 Å². The second-order valence-electron chi connectivity index (χ2n) is 5.44. The summed E-state index contributed by atoms with van der Waals surface area (Å²) >= 11 is 0. The minimum absolute atomic E-state index is 0.0688. The predicted octanol–water partition coefficient (Wildman–Crippen LogP) is 3.44. The van der Waals surface area contributed by atoms with Crippen LogP contribution in [0.15, 0.2) is 42.7 Å². The van der Waals surface area contributed by atoms with E-state index in [2.05, 4.69) is 43.2 Å². The lowest BCUT2D eigenvalue weighted by Crippen LogP contribution is -2.27. The number of rotatable bonds is 4. The first-order valence-electron chi connectivity index (χ1n) is 6.86. The van der Waals surface area contributed by atoms with Crippen LogP contribution in [0.2, 0.25) is 0 Å². The number of amides is 1. The SMILES string of the molecule is Cc1cccc(-c2cncc(C(=O)NCC(C)C)c2)c1. The van der Waals surface area contributed by atoms with Crippen molar-refractivity contribution in [1.29, 1.82) is 0 Å². The lowest BCUT2D eigenvalue weighted by molar-refractivity contribution is 0.0948. The van der Waals surface area contributed by atoms with Crippen molar-refractivity contribution in [3.8, 4) is 11.1 Å². The Morgan fingerprint density at radius 3 is 2.70 bits per heavy atom. The Morgan fingerprint density at radius 1 is 1.20 bits per heavy atom. The van der Waals surface area contributed by atoms with Crippen LogP contribution in [0.25, 0.3) is 11.1 Å². The second-order valence-corrected chi connectivity index (χ2v) is 5.44. The number of benzene rings is 1. The Morgan fingerprint density at radius 2 is 2.00 bits per heavy atom. The molecule has 0 aliphatic heterocycles. The van der Waals surface area contributed by atoms with E-state index in [9.17, 15) is 4.79 Å². The summed E-state index contributed by atoms with van der Waals surface area (Å²) in [5.74, 6) is 0.368. The molecule has 1 aromatic carbocycles. The molecule has 2 aromatic rings. The molecule has 104 valence electrons. The van der Waals surface area contributed by atoms with Gasteiger partial charge in [0.25, 0.3) is 5.91 Å². The predicted molar refractivity (Wildman–Crippen MR) is 81.6 cm³/mol. The average Bonchev–Trinajstić information content (AvgIpc) is 2.45. The van der Waals surface area contributed by atoms with E-state index in [1.165, 1.54) is 5.56 Å². The van der Waals surface area contributed by atoms with Gasteiger partial charge in [0.05, 0.1) is 5.56 Å². The number of hydrogen-bond donors (Lipinski definition) is 1. The van der Waals surface area contributed by atoms with Crippen molar-refractivity contribution in [3.05, 3.63) is 53.9 Å². The summed E-state index contributed by atoms with van der Waals surface area (Å²) in [6.07, 6.45) is 3.39. The van der Waals surface area contributed by atoms with E-state index in [1.54, 1.807) is 12.4 Å². The van der Waals surface area contributed by atoms with Crippen LogP contribution < -0.4 is 5.32 Å². The smallest absolute Gasteiger partial charge is 0.252 e. The third kappa shape index (κ3) is 3.67. The molecular formula is C17H20N2O. The molecule has 1 N–H and O–H groups in total. The van der Waals surface area contributed by atoms with Crippen LogP contribution in [0.1, 0.15) is 29.8 Å². The van der Waals surface area contributed by atoms with Gasteiger partial charge in [-0.05, 0) is 24.5 Å². The van der Waals surface area contributed by atoms with E-state index in [0.717, 1.165) is 11.1 Å². The van der Waals surface area contributed by atoms with E-state index in [-0.39, 0.29) is 5.91 Å². The van der Waals surface area contributed by atoms with Gasteiger partial charge in [0.2, 0.25) is 0 Å². The molecule has 2 rings (SSSR count). The van der Waals surface area contributed by atoms with Gasteiger partial charge in [-0.15, -0.1) is 0 Å². The number of nitrogens with zero attached hydrogens (tertiary/aromatic N) is 1. The molecule has 0 aliphatic rings. The van der Waals surface area contributed by atoms with Gasteiger partial charge in [0.15, 0.2) is 0 Å². The lowest BCUT2D eigenvalue weighted by atomic mass is 10.0. The first-order valence-corrected chi connectivity index (χ1v) is 6.86. The molecule has 0 spiro atoms. The van der Waals surface area contributed by atoms with Gasteiger partial charge < -0.3 is 5.32 Å². The summed E-state index contributed by atoms with van der Waals surface area (Å²) in [5.41, 5.74) is 3.84. The first-order chi connectivity index (χ1) is 9.56. The van der Waals surface area contributed by atoms with Crippen LogP contribution in [0.4, 0.5) is 0 Å².